The number of esters is 3. The van der Waals surface area contributed by atoms with Crippen LogP contribution in [0.5, 0.6) is 23.0 Å². The molecule has 0 radical (unpaired) electrons. The first kappa shape index (κ1) is 36.1. The van der Waals surface area contributed by atoms with Crippen molar-refractivity contribution in [3.63, 3.8) is 0 Å². The van der Waals surface area contributed by atoms with Gasteiger partial charge in [-0.15, -0.1) is 0 Å². The molecule has 11 heteroatoms. The van der Waals surface area contributed by atoms with E-state index in [0.29, 0.717) is 27.9 Å². The monoisotopic (exact) mass is 651 g/mol. The molecule has 0 amide bonds. The molecule has 3 aromatic rings. The second kappa shape index (κ2) is 15.8. The Morgan fingerprint density at radius 2 is 1.10 bits per heavy atom. The summed E-state index contributed by atoms with van der Waals surface area (Å²) >= 11 is 0. The van der Waals surface area contributed by atoms with E-state index in [1.807, 2.05) is 0 Å². The zero-order valence-electron chi connectivity index (χ0n) is 26.8. The predicted molar refractivity (Wildman–Crippen MR) is 179 cm³/mol. The van der Waals surface area contributed by atoms with Gasteiger partial charge in [0.05, 0.1) is 0 Å². The van der Waals surface area contributed by atoms with Crippen LogP contribution in [0.15, 0.2) is 104 Å². The highest BCUT2D eigenvalue weighted by Gasteiger charge is 2.24. The van der Waals surface area contributed by atoms with E-state index in [1.165, 1.54) is 52.0 Å². The third kappa shape index (κ3) is 8.88. The molecule has 1 N–H and O–H groups in total. The maximum Gasteiger partial charge on any atom is 0.338 e. The Morgan fingerprint density at radius 3 is 1.62 bits per heavy atom. The van der Waals surface area contributed by atoms with Crippen molar-refractivity contribution in [2.24, 2.45) is 0 Å². The highest BCUT2D eigenvalue weighted by Crippen LogP contribution is 2.40. The highest BCUT2D eigenvalue weighted by molar-refractivity contribution is 6.12. The molecule has 3 rings (SSSR count). The summed E-state index contributed by atoms with van der Waals surface area (Å²) in [4.78, 5) is 73.4. The Labute approximate surface area is 277 Å². The Kier molecular flexibility index (Phi) is 11.9. The summed E-state index contributed by atoms with van der Waals surface area (Å²) < 4.78 is 21.2. The van der Waals surface area contributed by atoms with Crippen molar-refractivity contribution in [2.75, 3.05) is 5.32 Å². The summed E-state index contributed by atoms with van der Waals surface area (Å²) in [7, 11) is 0. The van der Waals surface area contributed by atoms with Gasteiger partial charge in [0.15, 0.2) is 34.6 Å². The van der Waals surface area contributed by atoms with Crippen molar-refractivity contribution in [2.45, 2.75) is 33.7 Å². The zero-order chi connectivity index (χ0) is 35.7. The first-order valence-electron chi connectivity index (χ1n) is 14.3. The summed E-state index contributed by atoms with van der Waals surface area (Å²) in [6, 6.07) is 12.6. The molecule has 1 unspecified atom stereocenters. The topological polar surface area (TPSA) is 151 Å². The van der Waals surface area contributed by atoms with E-state index in [1.54, 1.807) is 30.3 Å². The van der Waals surface area contributed by atoms with Crippen LogP contribution in [0.4, 0.5) is 5.69 Å². The molecule has 0 spiro atoms. The van der Waals surface area contributed by atoms with Crippen molar-refractivity contribution in [1.82, 2.24) is 0 Å². The van der Waals surface area contributed by atoms with E-state index in [-0.39, 0.29) is 46.2 Å². The van der Waals surface area contributed by atoms with Gasteiger partial charge < -0.3 is 24.3 Å². The van der Waals surface area contributed by atoms with Crippen LogP contribution >= 0.6 is 0 Å². The van der Waals surface area contributed by atoms with Crippen LogP contribution in [0.2, 0.25) is 0 Å². The third-order valence-corrected chi connectivity index (χ3v) is 6.57. The first-order valence-corrected chi connectivity index (χ1v) is 14.3. The Balaban J connectivity index is 2.25. The average Bonchev–Trinajstić information content (AvgIpc) is 3.04. The van der Waals surface area contributed by atoms with Gasteiger partial charge in [-0.3, -0.25) is 14.4 Å². The molecule has 0 heterocycles. The van der Waals surface area contributed by atoms with Crippen molar-refractivity contribution >= 4 is 41.6 Å². The molecular weight excluding hydrogens is 618 g/mol. The summed E-state index contributed by atoms with van der Waals surface area (Å²) in [5.74, 6) is -3.57. The molecule has 0 saturated heterocycles. The lowest BCUT2D eigenvalue weighted by atomic mass is 9.96. The van der Waals surface area contributed by atoms with E-state index in [4.69, 9.17) is 18.9 Å². The van der Waals surface area contributed by atoms with Crippen LogP contribution in [0.25, 0.3) is 22.3 Å². The standard InChI is InChI=1S/C37H33NO10/c1-9-29(41)34(23(8)40)38-28-16-24(25-11-14-30(45-19-39)32(17-25)47-36(43)21(4)5)10-13-27(28)26-12-15-31(46-35(42)20(2)3)33(18-26)48-37(44)22(6)7/h9-19,34,38H,1-2,4,6H2,3,5,7-8H3. The van der Waals surface area contributed by atoms with E-state index in [2.05, 4.69) is 31.6 Å². The summed E-state index contributed by atoms with van der Waals surface area (Å²) in [6.07, 6.45) is 1.02. The van der Waals surface area contributed by atoms with Crippen LogP contribution < -0.4 is 24.3 Å². The first-order chi connectivity index (χ1) is 22.7. The molecule has 0 aliphatic carbocycles. The number of ketones is 2. The van der Waals surface area contributed by atoms with Crippen LogP contribution in [0.1, 0.15) is 27.7 Å². The molecule has 246 valence electrons. The molecule has 0 aliphatic heterocycles. The average molecular weight is 652 g/mol. The number of carbonyl (C=O) groups is 6. The summed E-state index contributed by atoms with van der Waals surface area (Å²) in [6.45, 7) is 20.0. The molecule has 11 nitrogen and oxygen atoms in total. The molecule has 1 atom stereocenters. The van der Waals surface area contributed by atoms with Crippen molar-refractivity contribution in [1.29, 1.82) is 0 Å². The van der Waals surface area contributed by atoms with Crippen molar-refractivity contribution in [3.8, 4) is 45.3 Å². The molecule has 0 saturated carbocycles. The van der Waals surface area contributed by atoms with E-state index in [9.17, 15) is 28.8 Å². The minimum absolute atomic E-state index is 0.0178. The molecule has 0 aromatic heterocycles. The van der Waals surface area contributed by atoms with Gasteiger partial charge in [0.1, 0.15) is 6.04 Å². The third-order valence-electron chi connectivity index (χ3n) is 6.57. The number of carbonyl (C=O) groups excluding carboxylic acids is 6. The van der Waals surface area contributed by atoms with E-state index >= 15 is 0 Å². The number of benzene rings is 3. The molecule has 0 aliphatic rings. The number of rotatable bonds is 15. The van der Waals surface area contributed by atoms with Crippen LogP contribution in [-0.2, 0) is 28.8 Å². The Bertz CT molecular complexity index is 1880. The number of nitrogens with one attached hydrogen (secondary N) is 1. The van der Waals surface area contributed by atoms with Crippen LogP contribution in [0, 0.1) is 0 Å². The van der Waals surface area contributed by atoms with Gasteiger partial charge in [-0.2, -0.15) is 0 Å². The van der Waals surface area contributed by atoms with Gasteiger partial charge in [0.25, 0.3) is 6.47 Å². The predicted octanol–water partition coefficient (Wildman–Crippen LogP) is 6.12. The van der Waals surface area contributed by atoms with Gasteiger partial charge in [-0.25, -0.2) is 14.4 Å². The summed E-state index contributed by atoms with van der Waals surface area (Å²) in [5, 5.41) is 2.98. The smallest absolute Gasteiger partial charge is 0.338 e. The molecule has 0 fully saturated rings. The number of Topliss-reactive ketones (excluding diaryl/α,β-unsaturated/α-hetero) is 1. The van der Waals surface area contributed by atoms with Crippen LogP contribution in [-0.4, -0.2) is 42.0 Å². The molecule has 0 bridgehead atoms. The fraction of sp³-hybridized carbons (Fsp3) is 0.135. The van der Waals surface area contributed by atoms with Gasteiger partial charge in [-0.05, 0) is 80.8 Å². The number of hydrogen-bond acceptors (Lipinski definition) is 11. The van der Waals surface area contributed by atoms with Gasteiger partial charge in [0.2, 0.25) is 0 Å². The number of hydrogen-bond donors (Lipinski definition) is 1. The Hall–Kier alpha value is -6.36. The summed E-state index contributed by atoms with van der Waals surface area (Å²) in [5.41, 5.74) is 2.52. The fourth-order valence-corrected chi connectivity index (χ4v) is 4.06. The lowest BCUT2D eigenvalue weighted by Gasteiger charge is -2.20. The van der Waals surface area contributed by atoms with E-state index < -0.39 is 35.5 Å². The minimum Gasteiger partial charge on any atom is -0.425 e. The minimum atomic E-state index is -1.30. The molecular formula is C37H33NO10. The SMILES string of the molecule is C=CC(=O)C(Nc1cc(-c2ccc(OC=O)c(OC(=O)C(=C)C)c2)ccc1-c1ccc(OC(=O)C(=C)C)c(OC(=O)C(=C)C)c1)C(C)=O. The Morgan fingerprint density at radius 1 is 0.646 bits per heavy atom. The number of ether oxygens (including phenoxy) is 4. The number of anilines is 1. The zero-order valence-corrected chi connectivity index (χ0v) is 26.8. The second-order valence-corrected chi connectivity index (χ2v) is 10.6. The van der Waals surface area contributed by atoms with Gasteiger partial charge in [-0.1, -0.05) is 50.6 Å². The lowest BCUT2D eigenvalue weighted by Crippen LogP contribution is -2.35. The largest absolute Gasteiger partial charge is 0.425 e. The van der Waals surface area contributed by atoms with Crippen LogP contribution in [0.3, 0.4) is 0 Å². The maximum absolute atomic E-state index is 12.7. The normalized spacial score (nSPS) is 10.8. The highest BCUT2D eigenvalue weighted by atomic mass is 16.6. The van der Waals surface area contributed by atoms with Crippen molar-refractivity contribution in [3.05, 3.63) is 104 Å². The van der Waals surface area contributed by atoms with E-state index in [0.717, 1.165) is 6.08 Å². The molecule has 3 aromatic carbocycles. The fourth-order valence-electron chi connectivity index (χ4n) is 4.06. The molecule has 48 heavy (non-hydrogen) atoms. The second-order valence-electron chi connectivity index (χ2n) is 10.6. The quantitative estimate of drug-likeness (QED) is 0.0665. The lowest BCUT2D eigenvalue weighted by molar-refractivity contribution is -0.132. The maximum atomic E-state index is 12.7. The van der Waals surface area contributed by atoms with Gasteiger partial charge >= 0.3 is 17.9 Å². The van der Waals surface area contributed by atoms with Crippen molar-refractivity contribution < 1.29 is 47.7 Å². The van der Waals surface area contributed by atoms with Gasteiger partial charge in [0, 0.05) is 28.0 Å².